The number of thiazole rings is 1. The molecule has 3 heterocycles. The Balaban J connectivity index is 1.79. The number of aliphatic hydroxyl groups is 1. The summed E-state index contributed by atoms with van der Waals surface area (Å²) in [6, 6.07) is 7.23. The number of pyridine rings is 1. The van der Waals surface area contributed by atoms with E-state index in [2.05, 4.69) is 30.6 Å². The van der Waals surface area contributed by atoms with Gasteiger partial charge in [-0.05, 0) is 37.6 Å². The van der Waals surface area contributed by atoms with Crippen LogP contribution in [0.4, 0.5) is 9.93 Å². The Kier molecular flexibility index (Phi) is 7.80. The van der Waals surface area contributed by atoms with E-state index in [0.717, 1.165) is 21.4 Å². The molecule has 1 unspecified atom stereocenters. The van der Waals surface area contributed by atoms with Gasteiger partial charge < -0.3 is 19.9 Å². The van der Waals surface area contributed by atoms with Crippen molar-refractivity contribution in [3.05, 3.63) is 48.7 Å². The number of anilines is 1. The van der Waals surface area contributed by atoms with Crippen LogP contribution in [0.15, 0.2) is 42.9 Å². The summed E-state index contributed by atoms with van der Waals surface area (Å²) in [5, 5.41) is 15.7. The van der Waals surface area contributed by atoms with Crippen molar-refractivity contribution >= 4 is 32.7 Å². The highest BCUT2D eigenvalue weighted by Crippen LogP contribution is 2.38. The topological polar surface area (TPSA) is 131 Å². The van der Waals surface area contributed by atoms with Gasteiger partial charge in [-0.1, -0.05) is 11.3 Å². The first-order valence-electron chi connectivity index (χ1n) is 11.1. The van der Waals surface area contributed by atoms with Crippen LogP contribution in [-0.2, 0) is 4.74 Å². The largest absolute Gasteiger partial charge is 0.491 e. The van der Waals surface area contributed by atoms with Gasteiger partial charge in [-0.15, -0.1) is 0 Å². The zero-order chi connectivity index (χ0) is 24.8. The lowest BCUT2D eigenvalue weighted by atomic mass is 10.0. The first kappa shape index (κ1) is 24.5. The van der Waals surface area contributed by atoms with Gasteiger partial charge in [0.2, 0.25) is 0 Å². The fourth-order valence-corrected chi connectivity index (χ4v) is 4.30. The third-order valence-electron chi connectivity index (χ3n) is 4.99. The van der Waals surface area contributed by atoms with Crippen molar-refractivity contribution < 1.29 is 19.4 Å². The second kappa shape index (κ2) is 11.2. The maximum Gasteiger partial charge on any atom is 0.321 e. The molecule has 0 spiro atoms. The molecule has 1 aromatic carbocycles. The molecule has 0 aliphatic heterocycles. The summed E-state index contributed by atoms with van der Waals surface area (Å²) < 4.78 is 11.7. The number of aromatic nitrogens is 4. The average Bonchev–Trinajstić information content (AvgIpc) is 3.26. The highest BCUT2D eigenvalue weighted by molar-refractivity contribution is 7.22. The van der Waals surface area contributed by atoms with Gasteiger partial charge in [-0.2, -0.15) is 0 Å². The normalized spacial score (nSPS) is 11.9. The van der Waals surface area contributed by atoms with Gasteiger partial charge in [0.15, 0.2) is 11.0 Å². The van der Waals surface area contributed by atoms with Gasteiger partial charge in [-0.25, -0.2) is 19.7 Å². The number of ether oxygens (including phenoxy) is 2. The number of carbonyl (C=O) groups is 1. The lowest BCUT2D eigenvalue weighted by molar-refractivity contribution is 0.146. The molecular formula is C24H26N6O4S. The van der Waals surface area contributed by atoms with E-state index >= 15 is 0 Å². The van der Waals surface area contributed by atoms with Crippen LogP contribution in [-0.4, -0.2) is 57.9 Å². The molecule has 4 rings (SSSR count). The average molecular weight is 495 g/mol. The molecule has 0 fully saturated rings. The molecular weight excluding hydrogens is 468 g/mol. The quantitative estimate of drug-likeness (QED) is 0.297. The molecule has 3 aromatic heterocycles. The number of nitrogens with one attached hydrogen (secondary N) is 2. The molecule has 2 amide bonds. The smallest absolute Gasteiger partial charge is 0.321 e. The van der Waals surface area contributed by atoms with Crippen LogP contribution in [0.1, 0.15) is 25.8 Å². The maximum absolute atomic E-state index is 12.1. The molecule has 11 heteroatoms. The van der Waals surface area contributed by atoms with Crippen molar-refractivity contribution in [2.45, 2.75) is 20.0 Å². The number of hydrogen-bond donors (Lipinski definition) is 3. The van der Waals surface area contributed by atoms with Crippen LogP contribution in [0.3, 0.4) is 0 Å². The molecule has 35 heavy (non-hydrogen) atoms. The van der Waals surface area contributed by atoms with Gasteiger partial charge in [-0.3, -0.25) is 10.3 Å². The Hall–Kier alpha value is -3.67. The molecule has 0 saturated carbocycles. The van der Waals surface area contributed by atoms with E-state index in [1.54, 1.807) is 38.7 Å². The second-order valence-corrected chi connectivity index (χ2v) is 8.60. The summed E-state index contributed by atoms with van der Waals surface area (Å²) in [7, 11) is 1.62. The summed E-state index contributed by atoms with van der Waals surface area (Å²) in [5.41, 5.74) is 3.81. The highest BCUT2D eigenvalue weighted by atomic mass is 32.1. The third-order valence-corrected chi connectivity index (χ3v) is 6.01. The number of fused-ring (bicyclic) bond motifs is 1. The molecule has 0 saturated heterocycles. The number of benzene rings is 1. The van der Waals surface area contributed by atoms with Crippen molar-refractivity contribution in [3.8, 4) is 28.1 Å². The van der Waals surface area contributed by atoms with Crippen molar-refractivity contribution in [1.82, 2.24) is 25.3 Å². The number of urea groups is 1. The fraction of sp³-hybridized carbons (Fsp3) is 0.292. The van der Waals surface area contributed by atoms with Crippen molar-refractivity contribution in [1.29, 1.82) is 0 Å². The van der Waals surface area contributed by atoms with Crippen LogP contribution < -0.4 is 15.4 Å². The lowest BCUT2D eigenvalue weighted by Gasteiger charge is -2.10. The van der Waals surface area contributed by atoms with E-state index < -0.39 is 6.10 Å². The zero-order valence-electron chi connectivity index (χ0n) is 19.6. The van der Waals surface area contributed by atoms with Crippen LogP contribution in [0.25, 0.3) is 32.6 Å². The van der Waals surface area contributed by atoms with Crippen molar-refractivity contribution in [3.63, 3.8) is 0 Å². The number of aliphatic hydroxyl groups excluding tert-OH is 1. The number of carbonyl (C=O) groups excluding carboxylic acids is 1. The summed E-state index contributed by atoms with van der Waals surface area (Å²) in [4.78, 5) is 29.8. The predicted octanol–water partition coefficient (Wildman–Crippen LogP) is 4.04. The van der Waals surface area contributed by atoms with Crippen molar-refractivity contribution in [2.75, 3.05) is 32.2 Å². The van der Waals surface area contributed by atoms with Crippen LogP contribution in [0.2, 0.25) is 0 Å². The van der Waals surface area contributed by atoms with Gasteiger partial charge in [0.1, 0.15) is 18.5 Å². The number of amides is 2. The summed E-state index contributed by atoms with van der Waals surface area (Å²) in [6.07, 6.45) is 4.26. The molecule has 0 aliphatic carbocycles. The molecule has 10 nitrogen and oxygen atoms in total. The minimum atomic E-state index is -0.756. The lowest BCUT2D eigenvalue weighted by Crippen LogP contribution is -2.28. The Labute approximate surface area is 206 Å². The SMILES string of the molecule is CCNC(=O)Nc1nc2cc(-c3cnc(C(C)O)nc3)cc(-c3cc(OCCOC)ccn3)c2s1. The summed E-state index contributed by atoms with van der Waals surface area (Å²) >= 11 is 1.36. The predicted molar refractivity (Wildman–Crippen MR) is 135 cm³/mol. The maximum atomic E-state index is 12.1. The second-order valence-electron chi connectivity index (χ2n) is 7.60. The summed E-state index contributed by atoms with van der Waals surface area (Å²) in [5.74, 6) is 1.01. The van der Waals surface area contributed by atoms with Crippen LogP contribution >= 0.6 is 11.3 Å². The molecule has 0 bridgehead atoms. The first-order valence-corrected chi connectivity index (χ1v) is 11.9. The Morgan fingerprint density at radius 1 is 1.14 bits per heavy atom. The highest BCUT2D eigenvalue weighted by Gasteiger charge is 2.16. The van der Waals surface area contributed by atoms with E-state index in [1.807, 2.05) is 25.1 Å². The molecule has 0 radical (unpaired) electrons. The molecule has 4 aromatic rings. The molecule has 3 N–H and O–H groups in total. The van der Waals surface area contributed by atoms with E-state index in [-0.39, 0.29) is 6.03 Å². The Morgan fingerprint density at radius 2 is 1.94 bits per heavy atom. The zero-order valence-corrected chi connectivity index (χ0v) is 20.4. The number of nitrogens with zero attached hydrogens (tertiary/aromatic N) is 4. The molecule has 0 aliphatic rings. The number of hydrogen-bond acceptors (Lipinski definition) is 9. The first-order chi connectivity index (χ1) is 17.0. The van der Waals surface area contributed by atoms with Crippen molar-refractivity contribution in [2.24, 2.45) is 0 Å². The standard InChI is InChI=1S/C24H26N6O4S/c1-4-25-23(32)30-24-29-20-10-15(16-12-27-22(14(2)31)28-13-16)9-18(21(20)35-24)19-11-17(5-6-26-19)34-8-7-33-3/h5-6,9-14,31H,4,7-8H2,1-3H3,(H2,25,29,30,32). The van der Waals surface area contributed by atoms with Gasteiger partial charge in [0.05, 0.1) is 22.5 Å². The molecule has 182 valence electrons. The van der Waals surface area contributed by atoms with Crippen LogP contribution in [0, 0.1) is 0 Å². The third kappa shape index (κ3) is 5.88. The van der Waals surface area contributed by atoms with E-state index in [1.165, 1.54) is 11.3 Å². The van der Waals surface area contributed by atoms with Gasteiger partial charge >= 0.3 is 6.03 Å². The Morgan fingerprint density at radius 3 is 2.66 bits per heavy atom. The van der Waals surface area contributed by atoms with Gasteiger partial charge in [0.25, 0.3) is 0 Å². The van der Waals surface area contributed by atoms with Gasteiger partial charge in [0, 0.05) is 49.4 Å². The van der Waals surface area contributed by atoms with E-state index in [9.17, 15) is 9.90 Å². The van der Waals surface area contributed by atoms with E-state index in [0.29, 0.717) is 47.7 Å². The molecule has 1 atom stereocenters. The minimum absolute atomic E-state index is 0.317. The Bertz CT molecular complexity index is 1310. The number of methoxy groups -OCH3 is 1. The van der Waals surface area contributed by atoms with Crippen LogP contribution in [0.5, 0.6) is 5.75 Å². The minimum Gasteiger partial charge on any atom is -0.491 e. The fourth-order valence-electron chi connectivity index (χ4n) is 3.34. The summed E-state index contributed by atoms with van der Waals surface area (Å²) in [6.45, 7) is 4.87. The number of rotatable bonds is 9. The van der Waals surface area contributed by atoms with E-state index in [4.69, 9.17) is 9.47 Å². The monoisotopic (exact) mass is 494 g/mol.